The van der Waals surface area contributed by atoms with Crippen molar-refractivity contribution in [2.45, 2.75) is 33.2 Å². The number of carbonyl (C=O) groups excluding carboxylic acids is 1. The maximum atomic E-state index is 12.3. The van der Waals surface area contributed by atoms with Crippen molar-refractivity contribution in [3.63, 3.8) is 0 Å². The molecule has 1 aliphatic heterocycles. The summed E-state index contributed by atoms with van der Waals surface area (Å²) in [5.74, 6) is 3.49. The largest absolute Gasteiger partial charge is 0.441 e. The molecule has 1 atom stereocenters. The van der Waals surface area contributed by atoms with Gasteiger partial charge in [-0.2, -0.15) is 0 Å². The van der Waals surface area contributed by atoms with Crippen LogP contribution in [0, 0.1) is 19.8 Å². The Balaban J connectivity index is 1.33. The van der Waals surface area contributed by atoms with Crippen molar-refractivity contribution in [3.8, 4) is 11.5 Å². The highest BCUT2D eigenvalue weighted by molar-refractivity contribution is 5.78. The summed E-state index contributed by atoms with van der Waals surface area (Å²) in [4.78, 5) is 16.8. The van der Waals surface area contributed by atoms with Gasteiger partial charge in [0.25, 0.3) is 0 Å². The van der Waals surface area contributed by atoms with E-state index in [0.29, 0.717) is 29.8 Å². The Kier molecular flexibility index (Phi) is 4.28. The van der Waals surface area contributed by atoms with Gasteiger partial charge < -0.3 is 14.3 Å². The molecule has 1 amide bonds. The number of aryl methyl sites for hydroxylation is 2. The summed E-state index contributed by atoms with van der Waals surface area (Å²) in [6.45, 7) is 5.28. The van der Waals surface area contributed by atoms with E-state index in [-0.39, 0.29) is 12.3 Å². The molecule has 1 aliphatic rings. The van der Waals surface area contributed by atoms with E-state index in [4.69, 9.17) is 4.42 Å². The van der Waals surface area contributed by atoms with Crippen LogP contribution in [-0.2, 0) is 24.2 Å². The Morgan fingerprint density at radius 2 is 2.08 bits per heavy atom. The molecule has 0 spiro atoms. The van der Waals surface area contributed by atoms with Gasteiger partial charge in [-0.1, -0.05) is 18.2 Å². The SMILES string of the molecule is Cc1oc(-c2ccccc2)nc1CC(=O)NCC1Cc2nnc(C)n2C1. The van der Waals surface area contributed by atoms with Gasteiger partial charge in [-0.05, 0) is 26.0 Å². The normalized spacial score (nSPS) is 15.8. The lowest BCUT2D eigenvalue weighted by Crippen LogP contribution is -2.31. The number of carbonyl (C=O) groups is 1. The van der Waals surface area contributed by atoms with Crippen molar-refractivity contribution >= 4 is 5.91 Å². The van der Waals surface area contributed by atoms with E-state index in [1.165, 1.54) is 0 Å². The van der Waals surface area contributed by atoms with Crippen molar-refractivity contribution in [1.29, 1.82) is 0 Å². The second-order valence-corrected chi connectivity index (χ2v) is 6.71. The number of benzene rings is 1. The van der Waals surface area contributed by atoms with Crippen LogP contribution in [0.25, 0.3) is 11.5 Å². The average molecular weight is 351 g/mol. The Morgan fingerprint density at radius 1 is 1.27 bits per heavy atom. The summed E-state index contributed by atoms with van der Waals surface area (Å²) in [6.07, 6.45) is 1.07. The fraction of sp³-hybridized carbons (Fsp3) is 0.368. The number of fused-ring (bicyclic) bond motifs is 1. The fourth-order valence-corrected chi connectivity index (χ4v) is 3.30. The smallest absolute Gasteiger partial charge is 0.226 e. The molecule has 4 rings (SSSR count). The first-order chi connectivity index (χ1) is 12.6. The molecule has 134 valence electrons. The molecule has 0 fully saturated rings. The molecule has 7 heteroatoms. The van der Waals surface area contributed by atoms with Gasteiger partial charge >= 0.3 is 0 Å². The quantitative estimate of drug-likeness (QED) is 0.761. The van der Waals surface area contributed by atoms with Gasteiger partial charge in [0.1, 0.15) is 17.4 Å². The number of aromatic nitrogens is 4. The van der Waals surface area contributed by atoms with Gasteiger partial charge in [0.05, 0.1) is 12.1 Å². The van der Waals surface area contributed by atoms with Crippen LogP contribution in [0.3, 0.4) is 0 Å². The number of hydrogen-bond donors (Lipinski definition) is 1. The molecule has 0 saturated heterocycles. The predicted molar refractivity (Wildman–Crippen MR) is 95.3 cm³/mol. The summed E-state index contributed by atoms with van der Waals surface area (Å²) in [7, 11) is 0. The van der Waals surface area contributed by atoms with E-state index in [0.717, 1.165) is 30.2 Å². The second-order valence-electron chi connectivity index (χ2n) is 6.71. The minimum absolute atomic E-state index is 0.0413. The molecule has 1 aromatic carbocycles. The van der Waals surface area contributed by atoms with E-state index < -0.39 is 0 Å². The molecular formula is C19H21N5O2. The highest BCUT2D eigenvalue weighted by Gasteiger charge is 2.25. The lowest BCUT2D eigenvalue weighted by molar-refractivity contribution is -0.120. The molecule has 1 N–H and O–H groups in total. The molecule has 7 nitrogen and oxygen atoms in total. The van der Waals surface area contributed by atoms with Crippen molar-refractivity contribution in [3.05, 3.63) is 53.4 Å². The molecular weight excluding hydrogens is 330 g/mol. The standard InChI is InChI=1S/C19H21N5O2/c1-12-16(21-19(26-12)15-6-4-3-5-7-15)9-18(25)20-10-14-8-17-23-22-13(2)24(17)11-14/h3-7,14H,8-11H2,1-2H3,(H,20,25). The summed E-state index contributed by atoms with van der Waals surface area (Å²) in [5, 5.41) is 11.2. The second kappa shape index (κ2) is 6.74. The van der Waals surface area contributed by atoms with Crippen molar-refractivity contribution < 1.29 is 9.21 Å². The number of nitrogens with zero attached hydrogens (tertiary/aromatic N) is 4. The Hall–Kier alpha value is -2.96. The van der Waals surface area contributed by atoms with Gasteiger partial charge in [-0.3, -0.25) is 4.79 Å². The first-order valence-corrected chi connectivity index (χ1v) is 8.77. The average Bonchev–Trinajstić information content (AvgIpc) is 3.31. The molecule has 0 bridgehead atoms. The Labute approximate surface area is 151 Å². The minimum atomic E-state index is -0.0413. The van der Waals surface area contributed by atoms with Crippen LogP contribution >= 0.6 is 0 Å². The van der Waals surface area contributed by atoms with E-state index in [1.807, 2.05) is 44.2 Å². The molecule has 0 aliphatic carbocycles. The third kappa shape index (κ3) is 3.24. The number of amides is 1. The van der Waals surface area contributed by atoms with Crippen molar-refractivity contribution in [1.82, 2.24) is 25.1 Å². The van der Waals surface area contributed by atoms with E-state index in [2.05, 4.69) is 25.1 Å². The van der Waals surface area contributed by atoms with Crippen LogP contribution in [0.15, 0.2) is 34.7 Å². The first-order valence-electron chi connectivity index (χ1n) is 8.77. The molecule has 0 saturated carbocycles. The zero-order chi connectivity index (χ0) is 18.1. The highest BCUT2D eigenvalue weighted by atomic mass is 16.4. The van der Waals surface area contributed by atoms with Crippen LogP contribution in [0.4, 0.5) is 0 Å². The molecule has 1 unspecified atom stereocenters. The third-order valence-corrected chi connectivity index (χ3v) is 4.75. The summed E-state index contributed by atoms with van der Waals surface area (Å²) in [6, 6.07) is 9.70. The van der Waals surface area contributed by atoms with Crippen LogP contribution in [0.2, 0.25) is 0 Å². The Bertz CT molecular complexity index is 929. The van der Waals surface area contributed by atoms with Gasteiger partial charge in [0.2, 0.25) is 11.8 Å². The summed E-state index contributed by atoms with van der Waals surface area (Å²) < 4.78 is 7.83. The topological polar surface area (TPSA) is 85.8 Å². The lowest BCUT2D eigenvalue weighted by Gasteiger charge is -2.10. The van der Waals surface area contributed by atoms with Crippen LogP contribution < -0.4 is 5.32 Å². The molecule has 2 aromatic heterocycles. The molecule has 3 aromatic rings. The zero-order valence-electron chi connectivity index (χ0n) is 14.9. The van der Waals surface area contributed by atoms with Crippen molar-refractivity contribution in [2.24, 2.45) is 5.92 Å². The third-order valence-electron chi connectivity index (χ3n) is 4.75. The Morgan fingerprint density at radius 3 is 2.85 bits per heavy atom. The van der Waals surface area contributed by atoms with Crippen LogP contribution in [0.1, 0.15) is 23.1 Å². The number of oxazole rings is 1. The van der Waals surface area contributed by atoms with Gasteiger partial charge in [-0.15, -0.1) is 10.2 Å². The van der Waals surface area contributed by atoms with E-state index >= 15 is 0 Å². The van der Waals surface area contributed by atoms with Gasteiger partial charge in [-0.25, -0.2) is 4.98 Å². The van der Waals surface area contributed by atoms with Gasteiger partial charge in [0, 0.05) is 31.0 Å². The number of nitrogens with one attached hydrogen (secondary N) is 1. The predicted octanol–water partition coefficient (Wildman–Crippen LogP) is 2.08. The van der Waals surface area contributed by atoms with E-state index in [9.17, 15) is 4.79 Å². The van der Waals surface area contributed by atoms with Gasteiger partial charge in [0.15, 0.2) is 0 Å². The first kappa shape index (κ1) is 16.5. The monoisotopic (exact) mass is 351 g/mol. The number of rotatable bonds is 5. The van der Waals surface area contributed by atoms with Crippen LogP contribution in [-0.4, -0.2) is 32.2 Å². The summed E-state index contributed by atoms with van der Waals surface area (Å²) >= 11 is 0. The lowest BCUT2D eigenvalue weighted by atomic mass is 10.1. The molecule has 26 heavy (non-hydrogen) atoms. The van der Waals surface area contributed by atoms with Crippen molar-refractivity contribution in [2.75, 3.05) is 6.54 Å². The maximum Gasteiger partial charge on any atom is 0.226 e. The van der Waals surface area contributed by atoms with Crippen LogP contribution in [0.5, 0.6) is 0 Å². The number of hydrogen-bond acceptors (Lipinski definition) is 5. The maximum absolute atomic E-state index is 12.3. The zero-order valence-corrected chi connectivity index (χ0v) is 14.9. The minimum Gasteiger partial charge on any atom is -0.441 e. The molecule has 0 radical (unpaired) electrons. The molecule has 3 heterocycles. The highest BCUT2D eigenvalue weighted by Crippen LogP contribution is 2.22. The summed E-state index contributed by atoms with van der Waals surface area (Å²) in [5.41, 5.74) is 1.59. The van der Waals surface area contributed by atoms with E-state index in [1.54, 1.807) is 0 Å². The fourth-order valence-electron chi connectivity index (χ4n) is 3.30.